The number of nitrogens with one attached hydrogen (secondary N) is 1. The zero-order valence-corrected chi connectivity index (χ0v) is 11.0. The standard InChI is InChI=1S/C15H15N3O2/c1-2-11(8-16-3-1)9-18-5-4-17-12-6-14-15(7-13(12)18)20-10-19-14/h1-3,6-8,17H,4-5,9-10H2. The fourth-order valence-corrected chi connectivity index (χ4v) is 2.66. The molecule has 3 heterocycles. The summed E-state index contributed by atoms with van der Waals surface area (Å²) in [5.74, 6) is 1.64. The Balaban J connectivity index is 1.68. The Morgan fingerprint density at radius 3 is 3.00 bits per heavy atom. The van der Waals surface area contributed by atoms with Gasteiger partial charge in [-0.15, -0.1) is 0 Å². The number of hydrogen-bond donors (Lipinski definition) is 1. The Morgan fingerprint density at radius 1 is 1.25 bits per heavy atom. The zero-order valence-electron chi connectivity index (χ0n) is 11.0. The predicted octanol–water partition coefficient (Wildman–Crippen LogP) is 2.24. The van der Waals surface area contributed by atoms with Gasteiger partial charge >= 0.3 is 0 Å². The van der Waals surface area contributed by atoms with Crippen molar-refractivity contribution in [3.05, 3.63) is 42.2 Å². The van der Waals surface area contributed by atoms with Crippen LogP contribution in [0.3, 0.4) is 0 Å². The molecular weight excluding hydrogens is 254 g/mol. The Labute approximate surface area is 117 Å². The van der Waals surface area contributed by atoms with Gasteiger partial charge in [-0.05, 0) is 11.6 Å². The Kier molecular flexibility index (Phi) is 2.62. The Bertz CT molecular complexity index is 631. The lowest BCUT2D eigenvalue weighted by atomic mass is 10.1. The van der Waals surface area contributed by atoms with E-state index in [1.807, 2.05) is 18.3 Å². The van der Waals surface area contributed by atoms with Gasteiger partial charge in [-0.25, -0.2) is 0 Å². The van der Waals surface area contributed by atoms with E-state index in [0.29, 0.717) is 6.79 Å². The van der Waals surface area contributed by atoms with Gasteiger partial charge in [0.05, 0.1) is 11.4 Å². The fourth-order valence-electron chi connectivity index (χ4n) is 2.66. The molecular formula is C15H15N3O2. The number of ether oxygens (including phenoxy) is 2. The normalized spacial score (nSPS) is 15.7. The molecule has 4 rings (SSSR count). The largest absolute Gasteiger partial charge is 0.454 e. The second kappa shape index (κ2) is 4.59. The van der Waals surface area contributed by atoms with Gasteiger partial charge in [0.15, 0.2) is 11.5 Å². The molecule has 5 nitrogen and oxygen atoms in total. The number of anilines is 2. The van der Waals surface area contributed by atoms with Gasteiger partial charge in [-0.2, -0.15) is 0 Å². The monoisotopic (exact) mass is 269 g/mol. The van der Waals surface area contributed by atoms with E-state index in [0.717, 1.165) is 42.5 Å². The van der Waals surface area contributed by atoms with E-state index in [9.17, 15) is 0 Å². The van der Waals surface area contributed by atoms with Crippen molar-refractivity contribution >= 4 is 11.4 Å². The summed E-state index contributed by atoms with van der Waals surface area (Å²) in [7, 11) is 0. The lowest BCUT2D eigenvalue weighted by Gasteiger charge is -2.32. The summed E-state index contributed by atoms with van der Waals surface area (Å²) in [4.78, 5) is 6.52. The van der Waals surface area contributed by atoms with E-state index in [4.69, 9.17) is 9.47 Å². The molecule has 0 radical (unpaired) electrons. The molecule has 0 fully saturated rings. The van der Waals surface area contributed by atoms with Crippen LogP contribution in [0.15, 0.2) is 36.7 Å². The minimum Gasteiger partial charge on any atom is -0.454 e. The number of nitrogens with zero attached hydrogens (tertiary/aromatic N) is 2. The van der Waals surface area contributed by atoms with Gasteiger partial charge < -0.3 is 19.7 Å². The van der Waals surface area contributed by atoms with Crippen LogP contribution in [0, 0.1) is 0 Å². The molecule has 2 aliphatic heterocycles. The number of hydrogen-bond acceptors (Lipinski definition) is 5. The summed E-state index contributed by atoms with van der Waals surface area (Å²) < 4.78 is 10.9. The fraction of sp³-hybridized carbons (Fsp3) is 0.267. The molecule has 1 aromatic heterocycles. The zero-order chi connectivity index (χ0) is 13.4. The third-order valence-corrected chi connectivity index (χ3v) is 3.62. The van der Waals surface area contributed by atoms with E-state index in [1.165, 1.54) is 5.56 Å². The van der Waals surface area contributed by atoms with Crippen molar-refractivity contribution in [1.82, 2.24) is 4.98 Å². The van der Waals surface area contributed by atoms with Crippen LogP contribution >= 0.6 is 0 Å². The maximum absolute atomic E-state index is 5.47. The molecule has 102 valence electrons. The minimum atomic E-state index is 0.306. The van der Waals surface area contributed by atoms with Crippen LogP contribution in [0.4, 0.5) is 11.4 Å². The topological polar surface area (TPSA) is 46.6 Å². The summed E-state index contributed by atoms with van der Waals surface area (Å²) in [6, 6.07) is 8.15. The molecule has 2 aliphatic rings. The lowest BCUT2D eigenvalue weighted by Crippen LogP contribution is -2.33. The van der Waals surface area contributed by atoms with Gasteiger partial charge in [0.25, 0.3) is 0 Å². The van der Waals surface area contributed by atoms with E-state index in [2.05, 4.69) is 27.3 Å². The van der Waals surface area contributed by atoms with Crippen molar-refractivity contribution in [1.29, 1.82) is 0 Å². The van der Waals surface area contributed by atoms with E-state index >= 15 is 0 Å². The third-order valence-electron chi connectivity index (χ3n) is 3.62. The lowest BCUT2D eigenvalue weighted by molar-refractivity contribution is 0.174. The molecule has 0 saturated carbocycles. The van der Waals surface area contributed by atoms with Crippen molar-refractivity contribution in [2.24, 2.45) is 0 Å². The van der Waals surface area contributed by atoms with Gasteiger partial charge in [0, 0.05) is 44.2 Å². The van der Waals surface area contributed by atoms with Crippen molar-refractivity contribution in [3.8, 4) is 11.5 Å². The molecule has 2 aromatic rings. The highest BCUT2D eigenvalue weighted by Crippen LogP contribution is 2.42. The van der Waals surface area contributed by atoms with Gasteiger partial charge in [-0.3, -0.25) is 4.98 Å². The third kappa shape index (κ3) is 1.91. The van der Waals surface area contributed by atoms with Crippen molar-refractivity contribution in [2.45, 2.75) is 6.54 Å². The highest BCUT2D eigenvalue weighted by atomic mass is 16.7. The van der Waals surface area contributed by atoms with Crippen LogP contribution in [0.25, 0.3) is 0 Å². The maximum atomic E-state index is 5.47. The highest BCUT2D eigenvalue weighted by Gasteiger charge is 2.23. The summed E-state index contributed by atoms with van der Waals surface area (Å²) >= 11 is 0. The van der Waals surface area contributed by atoms with Crippen LogP contribution in [-0.4, -0.2) is 24.9 Å². The molecule has 1 aromatic carbocycles. The predicted molar refractivity (Wildman–Crippen MR) is 76.3 cm³/mol. The van der Waals surface area contributed by atoms with Crippen molar-refractivity contribution in [2.75, 3.05) is 30.1 Å². The second-order valence-electron chi connectivity index (χ2n) is 4.93. The smallest absolute Gasteiger partial charge is 0.231 e. The Hall–Kier alpha value is -2.43. The molecule has 0 aliphatic carbocycles. The highest BCUT2D eigenvalue weighted by molar-refractivity contribution is 5.77. The summed E-state index contributed by atoms with van der Waals surface area (Å²) in [6.07, 6.45) is 3.71. The molecule has 0 spiro atoms. The van der Waals surface area contributed by atoms with Gasteiger partial charge in [-0.1, -0.05) is 6.07 Å². The average molecular weight is 269 g/mol. The average Bonchev–Trinajstić information content (AvgIpc) is 2.94. The molecule has 0 saturated heterocycles. The summed E-state index contributed by atoms with van der Waals surface area (Å²) in [5, 5.41) is 3.42. The minimum absolute atomic E-state index is 0.306. The van der Waals surface area contributed by atoms with Crippen molar-refractivity contribution in [3.63, 3.8) is 0 Å². The molecule has 20 heavy (non-hydrogen) atoms. The molecule has 0 bridgehead atoms. The number of pyridine rings is 1. The number of fused-ring (bicyclic) bond motifs is 2. The first-order valence-corrected chi connectivity index (χ1v) is 6.71. The van der Waals surface area contributed by atoms with Crippen LogP contribution in [-0.2, 0) is 6.54 Å². The van der Waals surface area contributed by atoms with Crippen LogP contribution in [0.1, 0.15) is 5.56 Å². The first-order chi connectivity index (χ1) is 9.90. The molecule has 1 N–H and O–H groups in total. The summed E-state index contributed by atoms with van der Waals surface area (Å²) in [6.45, 7) is 3.04. The first-order valence-electron chi connectivity index (χ1n) is 6.71. The number of benzene rings is 1. The molecule has 0 unspecified atom stereocenters. The van der Waals surface area contributed by atoms with E-state index in [1.54, 1.807) is 6.20 Å². The molecule has 0 amide bonds. The van der Waals surface area contributed by atoms with Gasteiger partial charge in [0.2, 0.25) is 6.79 Å². The van der Waals surface area contributed by atoms with E-state index in [-0.39, 0.29) is 0 Å². The Morgan fingerprint density at radius 2 is 2.15 bits per heavy atom. The van der Waals surface area contributed by atoms with Gasteiger partial charge in [0.1, 0.15) is 0 Å². The quantitative estimate of drug-likeness (QED) is 0.906. The maximum Gasteiger partial charge on any atom is 0.231 e. The first kappa shape index (κ1) is 11.4. The van der Waals surface area contributed by atoms with Crippen LogP contribution in [0.5, 0.6) is 11.5 Å². The number of aromatic nitrogens is 1. The van der Waals surface area contributed by atoms with Crippen LogP contribution in [0.2, 0.25) is 0 Å². The second-order valence-corrected chi connectivity index (χ2v) is 4.93. The summed E-state index contributed by atoms with van der Waals surface area (Å²) in [5.41, 5.74) is 3.46. The molecule has 5 heteroatoms. The molecule has 0 atom stereocenters. The van der Waals surface area contributed by atoms with Crippen molar-refractivity contribution < 1.29 is 9.47 Å². The number of rotatable bonds is 2. The SMILES string of the molecule is c1cncc(CN2CCNc3cc4c(cc32)OCO4)c1. The van der Waals surface area contributed by atoms with Crippen LogP contribution < -0.4 is 19.7 Å². The van der Waals surface area contributed by atoms with E-state index < -0.39 is 0 Å².